The second kappa shape index (κ2) is 19.0. The molecule has 0 bridgehead atoms. The zero-order valence-electron chi connectivity index (χ0n) is 34.7. The van der Waals surface area contributed by atoms with E-state index in [1.54, 1.807) is 30.3 Å². The average molecular weight is 804 g/mol. The summed E-state index contributed by atoms with van der Waals surface area (Å²) >= 11 is 0. The minimum atomic E-state index is -1.42. The summed E-state index contributed by atoms with van der Waals surface area (Å²) in [6.45, 7) is 14.9. The lowest BCUT2D eigenvalue weighted by atomic mass is 9.55. The maximum Gasteiger partial charge on any atom is 0.412 e. The van der Waals surface area contributed by atoms with Gasteiger partial charge in [0, 0.05) is 49.8 Å². The van der Waals surface area contributed by atoms with Gasteiger partial charge in [-0.25, -0.2) is 4.79 Å². The fourth-order valence-electron chi connectivity index (χ4n) is 9.03. The molecular formula is C45H61N3O10. The molecule has 316 valence electrons. The highest BCUT2D eigenvalue weighted by molar-refractivity contribution is 6.03. The van der Waals surface area contributed by atoms with E-state index in [1.807, 2.05) is 51.7 Å². The number of amides is 2. The number of hydrogen-bond donors (Lipinski definition) is 3. The normalized spacial score (nSPS) is 24.8. The van der Waals surface area contributed by atoms with E-state index in [0.29, 0.717) is 66.6 Å². The van der Waals surface area contributed by atoms with Crippen LogP contribution < -0.4 is 24.3 Å². The van der Waals surface area contributed by atoms with Gasteiger partial charge in [0.15, 0.2) is 11.5 Å². The molecule has 2 aromatic rings. The van der Waals surface area contributed by atoms with Gasteiger partial charge >= 0.3 is 6.09 Å². The first-order valence-corrected chi connectivity index (χ1v) is 20.9. The molecule has 6 unspecified atom stereocenters. The van der Waals surface area contributed by atoms with Crippen LogP contribution in [0.4, 0.5) is 4.79 Å². The van der Waals surface area contributed by atoms with Crippen LogP contribution in [0.25, 0.3) is 0 Å². The molecule has 0 radical (unpaired) electrons. The first-order valence-electron chi connectivity index (χ1n) is 20.9. The van der Waals surface area contributed by atoms with Crippen molar-refractivity contribution in [1.82, 2.24) is 10.2 Å². The van der Waals surface area contributed by atoms with E-state index in [0.717, 1.165) is 36.8 Å². The van der Waals surface area contributed by atoms with Gasteiger partial charge in [-0.2, -0.15) is 0 Å². The summed E-state index contributed by atoms with van der Waals surface area (Å²) in [4.78, 5) is 35.8. The van der Waals surface area contributed by atoms with Gasteiger partial charge < -0.3 is 49.0 Å². The van der Waals surface area contributed by atoms with E-state index in [9.17, 15) is 19.8 Å². The van der Waals surface area contributed by atoms with Gasteiger partial charge in [-0.05, 0) is 114 Å². The molecule has 58 heavy (non-hydrogen) atoms. The second-order valence-electron chi connectivity index (χ2n) is 16.5. The zero-order valence-corrected chi connectivity index (χ0v) is 34.7. The number of oxime groups is 1. The van der Waals surface area contributed by atoms with Crippen molar-refractivity contribution in [3.05, 3.63) is 71.8 Å². The second-order valence-corrected chi connectivity index (χ2v) is 16.5. The molecule has 13 heteroatoms. The summed E-state index contributed by atoms with van der Waals surface area (Å²) in [5.41, 5.74) is 2.32. The molecule has 2 aliphatic carbocycles. The Morgan fingerprint density at radius 1 is 1.02 bits per heavy atom. The Kier molecular flexibility index (Phi) is 14.1. The van der Waals surface area contributed by atoms with E-state index in [1.165, 1.54) is 0 Å². The van der Waals surface area contributed by atoms with Gasteiger partial charge in [0.1, 0.15) is 23.1 Å². The van der Waals surface area contributed by atoms with Crippen LogP contribution in [0.3, 0.4) is 0 Å². The molecule has 13 nitrogen and oxygen atoms in total. The summed E-state index contributed by atoms with van der Waals surface area (Å²) < 4.78 is 31.4. The molecule has 0 saturated heterocycles. The van der Waals surface area contributed by atoms with Crippen LogP contribution >= 0.6 is 0 Å². The number of rotatable bonds is 18. The Bertz CT molecular complexity index is 1840. The predicted octanol–water partition coefficient (Wildman–Crippen LogP) is 7.51. The number of ether oxygens (including phenoxy) is 5. The number of aliphatic hydroxyl groups excluding tert-OH is 2. The zero-order chi connectivity index (χ0) is 41.5. The average Bonchev–Trinajstić information content (AvgIpc) is 3.68. The molecule has 2 amide bonds. The van der Waals surface area contributed by atoms with Gasteiger partial charge in [-0.15, -0.1) is 6.58 Å². The standard InChI is InChI=1S/C45H61N3O10/c1-7-20-48(42(51)30-16-18-37-38(25-30)54-28-53-37)39-27-35(47-58-44(4,5)6)33-24-29(14-10-12-21-49)32(15-11-13-22-50)40-34-26-31(56-43(52)46-9-3)17-19-36(34)57-45(39,41(33)40)55-23-8-2/h8,16-19,24-26,29,32,39-41,49-50H,2,7,9-15,20-23,27-28H2,1,3-6H3,(H,46,52). The third-order valence-corrected chi connectivity index (χ3v) is 11.3. The van der Waals surface area contributed by atoms with Gasteiger partial charge in [-0.3, -0.25) is 4.79 Å². The first-order chi connectivity index (χ1) is 28.0. The van der Waals surface area contributed by atoms with Crippen LogP contribution in [-0.4, -0.2) is 90.0 Å². The summed E-state index contributed by atoms with van der Waals surface area (Å²) in [6.07, 6.45) is 8.84. The molecule has 0 spiro atoms. The van der Waals surface area contributed by atoms with Crippen LogP contribution in [0.2, 0.25) is 0 Å². The van der Waals surface area contributed by atoms with Crippen molar-refractivity contribution in [1.29, 1.82) is 0 Å². The Morgan fingerprint density at radius 3 is 2.47 bits per heavy atom. The number of fused-ring (bicyclic) bond motifs is 3. The summed E-state index contributed by atoms with van der Waals surface area (Å²) in [5, 5.41) is 27.4. The van der Waals surface area contributed by atoms with E-state index in [2.05, 4.69) is 18.0 Å². The Labute approximate surface area is 342 Å². The van der Waals surface area contributed by atoms with Crippen LogP contribution in [0, 0.1) is 17.8 Å². The van der Waals surface area contributed by atoms with Crippen molar-refractivity contribution in [3.63, 3.8) is 0 Å². The number of benzene rings is 2. The van der Waals surface area contributed by atoms with Crippen molar-refractivity contribution in [2.24, 2.45) is 22.9 Å². The van der Waals surface area contributed by atoms with E-state index < -0.39 is 29.4 Å². The van der Waals surface area contributed by atoms with Crippen molar-refractivity contribution < 1.29 is 48.3 Å². The van der Waals surface area contributed by atoms with E-state index >= 15 is 0 Å². The lowest BCUT2D eigenvalue weighted by molar-refractivity contribution is -0.254. The van der Waals surface area contributed by atoms with E-state index in [-0.39, 0.29) is 56.7 Å². The monoisotopic (exact) mass is 803 g/mol. The number of nitrogens with one attached hydrogen (secondary N) is 1. The summed E-state index contributed by atoms with van der Waals surface area (Å²) in [6, 6.07) is 9.99. The Balaban J connectivity index is 1.60. The Hall–Kier alpha value is -4.59. The van der Waals surface area contributed by atoms with Gasteiger partial charge in [0.25, 0.3) is 5.91 Å². The number of allylic oxidation sites excluding steroid dienone is 1. The molecule has 3 N–H and O–H groups in total. The number of unbranched alkanes of at least 4 members (excludes halogenated alkanes) is 2. The fraction of sp³-hybridized carbons (Fsp3) is 0.578. The molecule has 6 rings (SSSR count). The van der Waals surface area contributed by atoms with Gasteiger partial charge in [0.2, 0.25) is 12.6 Å². The number of carbonyl (C=O) groups excluding carboxylic acids is 2. The first kappa shape index (κ1) is 43.0. The largest absolute Gasteiger partial charge is 0.459 e. The molecule has 2 aromatic carbocycles. The van der Waals surface area contributed by atoms with Crippen LogP contribution in [0.15, 0.2) is 65.9 Å². The van der Waals surface area contributed by atoms with Gasteiger partial charge in [-0.1, -0.05) is 37.1 Å². The topological polar surface area (TPSA) is 158 Å². The molecule has 0 aromatic heterocycles. The van der Waals surface area contributed by atoms with Crippen LogP contribution in [-0.2, 0) is 9.57 Å². The number of aliphatic hydroxyl groups is 2. The number of nitrogens with zero attached hydrogens (tertiary/aromatic N) is 2. The van der Waals surface area contributed by atoms with Crippen molar-refractivity contribution in [3.8, 4) is 23.0 Å². The van der Waals surface area contributed by atoms with Crippen molar-refractivity contribution in [2.45, 2.75) is 109 Å². The highest BCUT2D eigenvalue weighted by Crippen LogP contribution is 2.62. The van der Waals surface area contributed by atoms with Crippen LogP contribution in [0.5, 0.6) is 23.0 Å². The van der Waals surface area contributed by atoms with Crippen molar-refractivity contribution in [2.75, 3.05) is 39.7 Å². The fourth-order valence-corrected chi connectivity index (χ4v) is 9.03. The highest BCUT2D eigenvalue weighted by atomic mass is 16.7. The number of carbonyl (C=O) groups is 2. The molecule has 2 aliphatic heterocycles. The summed E-state index contributed by atoms with van der Waals surface area (Å²) in [5.74, 6) is -0.313. The number of hydrogen-bond acceptors (Lipinski definition) is 11. The molecular weight excluding hydrogens is 743 g/mol. The lowest BCUT2D eigenvalue weighted by Crippen LogP contribution is -2.70. The van der Waals surface area contributed by atoms with Crippen molar-refractivity contribution >= 4 is 17.7 Å². The third kappa shape index (κ3) is 9.16. The Morgan fingerprint density at radius 2 is 1.76 bits per heavy atom. The molecule has 2 heterocycles. The van der Waals surface area contributed by atoms with E-state index in [4.69, 9.17) is 33.7 Å². The predicted molar refractivity (Wildman–Crippen MR) is 219 cm³/mol. The smallest absolute Gasteiger partial charge is 0.412 e. The maximum atomic E-state index is 15.0. The lowest BCUT2D eigenvalue weighted by Gasteiger charge is -2.60. The SMILES string of the molecule is C=CCOC12Oc3ccc(OC(=O)NCC)cc3C3C(CCCCO)C(CCCCO)C=C(C(=NOC(C)(C)C)CC1N(CCC)C(=O)c1ccc4c(c1)OCO4)C32. The molecule has 1 fully saturated rings. The minimum Gasteiger partial charge on any atom is -0.459 e. The molecule has 1 saturated carbocycles. The quantitative estimate of drug-likeness (QED) is 0.0783. The highest BCUT2D eigenvalue weighted by Gasteiger charge is 2.65. The molecule has 6 atom stereocenters. The van der Waals surface area contributed by atoms with Crippen LogP contribution in [0.1, 0.15) is 108 Å². The maximum absolute atomic E-state index is 15.0. The minimum absolute atomic E-state index is 0.0146. The third-order valence-electron chi connectivity index (χ3n) is 11.3. The van der Waals surface area contributed by atoms with Gasteiger partial charge in [0.05, 0.1) is 18.2 Å². The molecule has 4 aliphatic rings. The summed E-state index contributed by atoms with van der Waals surface area (Å²) in [7, 11) is 0.